The molecule has 0 aliphatic carbocycles. The van der Waals surface area contributed by atoms with Gasteiger partial charge in [0.2, 0.25) is 0 Å². The number of carbonyl (C=O) groups excluding carboxylic acids is 1. The van der Waals surface area contributed by atoms with Crippen molar-refractivity contribution in [3.63, 3.8) is 0 Å². The molecule has 5 heteroatoms. The third kappa shape index (κ3) is 2.80. The Morgan fingerprint density at radius 2 is 2.11 bits per heavy atom. The van der Waals surface area contributed by atoms with Crippen LogP contribution in [0.5, 0.6) is 0 Å². The van der Waals surface area contributed by atoms with Gasteiger partial charge in [-0.15, -0.1) is 0 Å². The highest BCUT2D eigenvalue weighted by molar-refractivity contribution is 5.95. The third-order valence-corrected chi connectivity index (χ3v) is 3.73. The van der Waals surface area contributed by atoms with Crippen LogP contribution in [-0.2, 0) is 4.74 Å². The monoisotopic (exact) mass is 263 g/mol. The summed E-state index contributed by atoms with van der Waals surface area (Å²) in [6, 6.07) is 1.73. The van der Waals surface area contributed by atoms with Crippen molar-refractivity contribution in [3.05, 3.63) is 17.8 Å². The molecule has 1 aliphatic rings. The zero-order chi connectivity index (χ0) is 14.0. The molecule has 1 aliphatic heterocycles. The summed E-state index contributed by atoms with van der Waals surface area (Å²) in [5.74, 6) is 1.67. The Balaban J connectivity index is 2.24. The van der Waals surface area contributed by atoms with E-state index in [2.05, 4.69) is 23.7 Å². The van der Waals surface area contributed by atoms with Crippen LogP contribution in [0.15, 0.2) is 12.3 Å². The number of carbonyl (C=O) groups is 1. The molecule has 0 saturated carbocycles. The Morgan fingerprint density at radius 3 is 2.68 bits per heavy atom. The highest BCUT2D eigenvalue weighted by Crippen LogP contribution is 2.28. The number of nitrogens with zero attached hydrogens (tertiary/aromatic N) is 2. The maximum Gasteiger partial charge on any atom is 0.340 e. The average molecular weight is 263 g/mol. The van der Waals surface area contributed by atoms with Gasteiger partial charge in [-0.2, -0.15) is 0 Å². The van der Waals surface area contributed by atoms with E-state index < -0.39 is 0 Å². The van der Waals surface area contributed by atoms with Gasteiger partial charge in [0, 0.05) is 13.1 Å². The van der Waals surface area contributed by atoms with Crippen LogP contribution in [0, 0.1) is 11.8 Å². The van der Waals surface area contributed by atoms with Crippen LogP contribution in [0.1, 0.15) is 31.1 Å². The molecule has 2 heterocycles. The van der Waals surface area contributed by atoms with Crippen LogP contribution in [0.25, 0.3) is 0 Å². The zero-order valence-electron chi connectivity index (χ0n) is 11.7. The minimum atomic E-state index is -0.385. The molecule has 0 spiro atoms. The van der Waals surface area contributed by atoms with Crippen molar-refractivity contribution in [2.45, 2.75) is 20.8 Å². The highest BCUT2D eigenvalue weighted by Gasteiger charge is 2.27. The number of nitrogen functional groups attached to an aromatic ring is 1. The molecule has 104 valence electrons. The van der Waals surface area contributed by atoms with Crippen molar-refractivity contribution in [2.24, 2.45) is 11.8 Å². The molecular weight excluding hydrogens is 242 g/mol. The molecule has 19 heavy (non-hydrogen) atoms. The summed E-state index contributed by atoms with van der Waals surface area (Å²) < 4.78 is 5.00. The van der Waals surface area contributed by atoms with E-state index in [-0.39, 0.29) is 5.97 Å². The fraction of sp³-hybridized carbons (Fsp3) is 0.571. The smallest absolute Gasteiger partial charge is 0.340 e. The van der Waals surface area contributed by atoms with Gasteiger partial charge in [0.1, 0.15) is 5.82 Å². The van der Waals surface area contributed by atoms with Crippen molar-refractivity contribution < 1.29 is 9.53 Å². The van der Waals surface area contributed by atoms with Crippen molar-refractivity contribution in [1.82, 2.24) is 4.98 Å². The van der Waals surface area contributed by atoms with Crippen LogP contribution >= 0.6 is 0 Å². The summed E-state index contributed by atoms with van der Waals surface area (Å²) in [7, 11) is 0. The number of nitrogens with two attached hydrogens (primary N) is 1. The molecule has 0 bridgehead atoms. The van der Waals surface area contributed by atoms with Crippen LogP contribution in [-0.4, -0.2) is 30.6 Å². The van der Waals surface area contributed by atoms with Gasteiger partial charge in [0.25, 0.3) is 0 Å². The summed E-state index contributed by atoms with van der Waals surface area (Å²) >= 11 is 0. The Kier molecular flexibility index (Phi) is 3.93. The van der Waals surface area contributed by atoms with Crippen molar-refractivity contribution in [1.29, 1.82) is 0 Å². The highest BCUT2D eigenvalue weighted by atomic mass is 16.5. The number of esters is 1. The van der Waals surface area contributed by atoms with E-state index in [1.165, 1.54) is 6.20 Å². The molecule has 0 amide bonds. The lowest BCUT2D eigenvalue weighted by Crippen LogP contribution is -2.21. The van der Waals surface area contributed by atoms with Crippen molar-refractivity contribution in [3.8, 4) is 0 Å². The Morgan fingerprint density at radius 1 is 1.47 bits per heavy atom. The minimum Gasteiger partial charge on any atom is -0.462 e. The average Bonchev–Trinajstić information content (AvgIpc) is 2.70. The minimum absolute atomic E-state index is 0.341. The molecular formula is C14H21N3O2. The Hall–Kier alpha value is -1.78. The first-order valence-corrected chi connectivity index (χ1v) is 6.70. The van der Waals surface area contributed by atoms with Gasteiger partial charge in [-0.25, -0.2) is 9.78 Å². The second-order valence-electron chi connectivity index (χ2n) is 5.21. The van der Waals surface area contributed by atoms with Gasteiger partial charge in [-0.05, 0) is 24.8 Å². The van der Waals surface area contributed by atoms with Gasteiger partial charge in [-0.3, -0.25) is 0 Å². The molecule has 1 aromatic rings. The normalized spacial score (nSPS) is 22.6. The van der Waals surface area contributed by atoms with E-state index in [9.17, 15) is 4.79 Å². The first-order valence-electron chi connectivity index (χ1n) is 6.70. The fourth-order valence-corrected chi connectivity index (χ4v) is 2.33. The Bertz CT molecular complexity index is 466. The lowest BCUT2D eigenvalue weighted by molar-refractivity contribution is 0.0527. The summed E-state index contributed by atoms with van der Waals surface area (Å²) in [5, 5.41) is 0. The first-order chi connectivity index (χ1) is 9.02. The van der Waals surface area contributed by atoms with Gasteiger partial charge in [0.05, 0.1) is 24.1 Å². The summed E-state index contributed by atoms with van der Waals surface area (Å²) in [6.07, 6.45) is 1.54. The standard InChI is InChI=1S/C14H21N3O2/c1-4-19-14(18)11-5-13(16-6-12(11)15)17-7-9(2)10(3)8-17/h5-6,9-10H,4,7-8,15H2,1-3H3. The van der Waals surface area contributed by atoms with E-state index in [1.807, 2.05) is 0 Å². The summed E-state index contributed by atoms with van der Waals surface area (Å²) in [5.41, 5.74) is 6.56. The molecule has 2 N–H and O–H groups in total. The largest absolute Gasteiger partial charge is 0.462 e. The fourth-order valence-electron chi connectivity index (χ4n) is 2.33. The van der Waals surface area contributed by atoms with E-state index in [0.29, 0.717) is 29.7 Å². The topological polar surface area (TPSA) is 68.5 Å². The van der Waals surface area contributed by atoms with E-state index in [1.54, 1.807) is 13.0 Å². The molecule has 0 radical (unpaired) electrons. The zero-order valence-corrected chi connectivity index (χ0v) is 11.7. The lowest BCUT2D eigenvalue weighted by atomic mass is 10.0. The molecule has 0 aromatic carbocycles. The third-order valence-electron chi connectivity index (χ3n) is 3.73. The van der Waals surface area contributed by atoms with Gasteiger partial charge < -0.3 is 15.4 Å². The SMILES string of the molecule is CCOC(=O)c1cc(N2CC(C)C(C)C2)ncc1N. The predicted octanol–water partition coefficient (Wildman–Crippen LogP) is 1.93. The maximum atomic E-state index is 11.8. The second kappa shape index (κ2) is 5.47. The molecule has 1 saturated heterocycles. The van der Waals surface area contributed by atoms with Crippen molar-refractivity contribution in [2.75, 3.05) is 30.3 Å². The van der Waals surface area contributed by atoms with Crippen LogP contribution in [0.3, 0.4) is 0 Å². The van der Waals surface area contributed by atoms with E-state index >= 15 is 0 Å². The Labute approximate surface area is 113 Å². The second-order valence-corrected chi connectivity index (χ2v) is 5.21. The molecule has 2 rings (SSSR count). The molecule has 1 fully saturated rings. The van der Waals surface area contributed by atoms with E-state index in [4.69, 9.17) is 10.5 Å². The van der Waals surface area contributed by atoms with Crippen LogP contribution in [0.2, 0.25) is 0 Å². The quantitative estimate of drug-likeness (QED) is 0.844. The van der Waals surface area contributed by atoms with E-state index in [0.717, 1.165) is 18.9 Å². The number of rotatable bonds is 3. The number of ether oxygens (including phenoxy) is 1. The predicted molar refractivity (Wildman–Crippen MR) is 75.1 cm³/mol. The molecule has 1 aromatic heterocycles. The number of pyridine rings is 1. The van der Waals surface area contributed by atoms with Gasteiger partial charge in [-0.1, -0.05) is 13.8 Å². The maximum absolute atomic E-state index is 11.8. The van der Waals surface area contributed by atoms with Crippen molar-refractivity contribution >= 4 is 17.5 Å². The van der Waals surface area contributed by atoms with Crippen LogP contribution in [0.4, 0.5) is 11.5 Å². The van der Waals surface area contributed by atoms with Gasteiger partial charge in [0.15, 0.2) is 0 Å². The molecule has 2 atom stereocenters. The number of hydrogen-bond donors (Lipinski definition) is 1. The summed E-state index contributed by atoms with van der Waals surface area (Å²) in [6.45, 7) is 8.50. The summed E-state index contributed by atoms with van der Waals surface area (Å²) in [4.78, 5) is 18.3. The van der Waals surface area contributed by atoms with Crippen LogP contribution < -0.4 is 10.6 Å². The number of hydrogen-bond acceptors (Lipinski definition) is 5. The molecule has 5 nitrogen and oxygen atoms in total. The lowest BCUT2D eigenvalue weighted by Gasteiger charge is -2.18. The van der Waals surface area contributed by atoms with Gasteiger partial charge >= 0.3 is 5.97 Å². The number of anilines is 2. The molecule has 2 unspecified atom stereocenters. The number of aromatic nitrogens is 1. The first kappa shape index (κ1) is 13.6.